The van der Waals surface area contributed by atoms with Crippen LogP contribution < -0.4 is 25.4 Å². The minimum absolute atomic E-state index is 0.0512. The molecule has 1 saturated carbocycles. The van der Waals surface area contributed by atoms with E-state index in [4.69, 9.17) is 9.47 Å². The van der Waals surface area contributed by atoms with Crippen LogP contribution in [-0.2, 0) is 11.3 Å². The van der Waals surface area contributed by atoms with Gasteiger partial charge in [-0.05, 0) is 45.1 Å². The summed E-state index contributed by atoms with van der Waals surface area (Å²) in [5, 5.41) is 9.33. The molecule has 1 amide bonds. The third-order valence-electron chi connectivity index (χ3n) is 4.84. The zero-order chi connectivity index (χ0) is 20.9. The zero-order valence-electron chi connectivity index (χ0n) is 18.1. The van der Waals surface area contributed by atoms with Crippen molar-refractivity contribution in [2.75, 3.05) is 26.7 Å². The molecule has 1 aromatic carbocycles. The van der Waals surface area contributed by atoms with E-state index < -0.39 is 0 Å². The summed E-state index contributed by atoms with van der Waals surface area (Å²) >= 11 is 0. The van der Waals surface area contributed by atoms with Crippen LogP contribution in [0.3, 0.4) is 0 Å². The lowest BCUT2D eigenvalue weighted by atomic mass is 10.1. The highest BCUT2D eigenvalue weighted by Crippen LogP contribution is 2.35. The smallest absolute Gasteiger partial charge is 0.221 e. The molecule has 0 spiro atoms. The highest BCUT2D eigenvalue weighted by Gasteiger charge is 2.20. The van der Waals surface area contributed by atoms with E-state index in [0.717, 1.165) is 42.9 Å². The van der Waals surface area contributed by atoms with Gasteiger partial charge in [0.1, 0.15) is 0 Å². The number of methoxy groups -OCH3 is 1. The lowest BCUT2D eigenvalue weighted by Crippen LogP contribution is -2.39. The highest BCUT2D eigenvalue weighted by atomic mass is 16.5. The molecule has 0 saturated heterocycles. The third kappa shape index (κ3) is 7.83. The molecule has 2 rings (SSSR count). The van der Waals surface area contributed by atoms with E-state index in [2.05, 4.69) is 20.9 Å². The molecule has 0 radical (unpaired) electrons. The number of aliphatic imine (C=N–C) groups is 1. The molecule has 29 heavy (non-hydrogen) atoms. The number of ether oxygens (including phenoxy) is 2. The molecule has 1 aromatic rings. The Morgan fingerprint density at radius 3 is 2.62 bits per heavy atom. The summed E-state index contributed by atoms with van der Waals surface area (Å²) in [5.74, 6) is 2.27. The zero-order valence-corrected chi connectivity index (χ0v) is 18.1. The lowest BCUT2D eigenvalue weighted by Gasteiger charge is -2.19. The van der Waals surface area contributed by atoms with E-state index in [1.807, 2.05) is 32.0 Å². The Balaban J connectivity index is 2.00. The number of nitrogens with zero attached hydrogens (tertiary/aromatic N) is 1. The minimum Gasteiger partial charge on any atom is -0.493 e. The molecule has 0 bridgehead atoms. The van der Waals surface area contributed by atoms with Crippen LogP contribution in [0.15, 0.2) is 23.2 Å². The van der Waals surface area contributed by atoms with Crippen molar-refractivity contribution in [2.24, 2.45) is 4.99 Å². The summed E-state index contributed by atoms with van der Waals surface area (Å²) in [5.41, 5.74) is 0.995. The number of hydrogen-bond donors (Lipinski definition) is 3. The number of para-hydroxylation sites is 1. The third-order valence-corrected chi connectivity index (χ3v) is 4.84. The molecule has 0 unspecified atom stereocenters. The lowest BCUT2D eigenvalue weighted by molar-refractivity contribution is -0.120. The van der Waals surface area contributed by atoms with Gasteiger partial charge in [0, 0.05) is 31.6 Å². The van der Waals surface area contributed by atoms with Gasteiger partial charge in [0.05, 0.1) is 19.8 Å². The Morgan fingerprint density at radius 2 is 1.93 bits per heavy atom. The monoisotopic (exact) mass is 404 g/mol. The molecule has 7 nitrogen and oxygen atoms in total. The first-order valence-electron chi connectivity index (χ1n) is 10.8. The molecule has 3 N–H and O–H groups in total. The molecular formula is C22H36N4O3. The van der Waals surface area contributed by atoms with Crippen LogP contribution in [0.4, 0.5) is 0 Å². The second-order valence-corrected chi connectivity index (χ2v) is 7.19. The van der Waals surface area contributed by atoms with E-state index in [0.29, 0.717) is 32.0 Å². The summed E-state index contributed by atoms with van der Waals surface area (Å²) < 4.78 is 11.8. The number of rotatable bonds is 11. The van der Waals surface area contributed by atoms with Crippen molar-refractivity contribution in [2.45, 2.75) is 65.0 Å². The van der Waals surface area contributed by atoms with Gasteiger partial charge in [-0.3, -0.25) is 4.79 Å². The fraction of sp³-hybridized carbons (Fsp3) is 0.636. The standard InChI is InChI=1S/C22H36N4O3/c1-4-14-24-20(27)13-15-25-22(23-5-2)26-16-17-9-8-12-19(28-3)21(17)29-18-10-6-7-11-18/h8-9,12,18H,4-7,10-11,13-16H2,1-3H3,(H,24,27)(H2,23,25,26). The molecule has 0 heterocycles. The fourth-order valence-electron chi connectivity index (χ4n) is 3.31. The first-order chi connectivity index (χ1) is 14.2. The van der Waals surface area contributed by atoms with E-state index in [1.54, 1.807) is 7.11 Å². The first kappa shape index (κ1) is 22.8. The summed E-state index contributed by atoms with van der Waals surface area (Å²) in [6.45, 7) is 6.52. The van der Waals surface area contributed by atoms with Crippen molar-refractivity contribution >= 4 is 11.9 Å². The average molecular weight is 405 g/mol. The molecular weight excluding hydrogens is 368 g/mol. The number of benzene rings is 1. The molecule has 1 aliphatic rings. The number of amides is 1. The van der Waals surface area contributed by atoms with Crippen LogP contribution >= 0.6 is 0 Å². The van der Waals surface area contributed by atoms with E-state index in [9.17, 15) is 4.79 Å². The Morgan fingerprint density at radius 1 is 1.14 bits per heavy atom. The summed E-state index contributed by atoms with van der Waals surface area (Å²) in [6.07, 6.45) is 6.22. The summed E-state index contributed by atoms with van der Waals surface area (Å²) in [6, 6.07) is 5.91. The van der Waals surface area contributed by atoms with Gasteiger partial charge in [0.2, 0.25) is 5.91 Å². The Bertz CT molecular complexity index is 657. The number of guanidine groups is 1. The average Bonchev–Trinajstić information content (AvgIpc) is 3.24. The van der Waals surface area contributed by atoms with Gasteiger partial charge < -0.3 is 25.4 Å². The van der Waals surface area contributed by atoms with Crippen molar-refractivity contribution in [3.63, 3.8) is 0 Å². The van der Waals surface area contributed by atoms with Gasteiger partial charge >= 0.3 is 0 Å². The SMILES string of the molecule is CCCNC(=O)CCNC(=NCc1cccc(OC)c1OC1CCCC1)NCC. The van der Waals surface area contributed by atoms with Crippen LogP contribution in [0.5, 0.6) is 11.5 Å². The largest absolute Gasteiger partial charge is 0.493 e. The van der Waals surface area contributed by atoms with Crippen LogP contribution in [0.25, 0.3) is 0 Å². The molecule has 7 heteroatoms. The Kier molecular flexibility index (Phi) is 10.2. The van der Waals surface area contributed by atoms with Crippen molar-refractivity contribution in [1.29, 1.82) is 0 Å². The van der Waals surface area contributed by atoms with Crippen LogP contribution in [0, 0.1) is 0 Å². The van der Waals surface area contributed by atoms with E-state index in [1.165, 1.54) is 12.8 Å². The van der Waals surface area contributed by atoms with Crippen LogP contribution in [0.1, 0.15) is 57.9 Å². The predicted octanol–water partition coefficient (Wildman–Crippen LogP) is 2.99. The van der Waals surface area contributed by atoms with Crippen molar-refractivity contribution < 1.29 is 14.3 Å². The quantitative estimate of drug-likeness (QED) is 0.390. The Labute approximate surface area is 174 Å². The molecule has 0 atom stereocenters. The number of carbonyl (C=O) groups excluding carboxylic acids is 1. The van der Waals surface area contributed by atoms with Gasteiger partial charge in [-0.1, -0.05) is 19.1 Å². The van der Waals surface area contributed by atoms with Crippen LogP contribution in [0.2, 0.25) is 0 Å². The second-order valence-electron chi connectivity index (χ2n) is 7.19. The van der Waals surface area contributed by atoms with Crippen LogP contribution in [-0.4, -0.2) is 44.7 Å². The van der Waals surface area contributed by atoms with Gasteiger partial charge in [-0.15, -0.1) is 0 Å². The molecule has 1 fully saturated rings. The summed E-state index contributed by atoms with van der Waals surface area (Å²) in [7, 11) is 1.67. The van der Waals surface area contributed by atoms with Gasteiger partial charge in [-0.2, -0.15) is 0 Å². The topological polar surface area (TPSA) is 84.0 Å². The normalized spacial score (nSPS) is 14.5. The molecule has 162 valence electrons. The number of carbonyl (C=O) groups is 1. The fourth-order valence-corrected chi connectivity index (χ4v) is 3.31. The number of hydrogen-bond acceptors (Lipinski definition) is 4. The maximum Gasteiger partial charge on any atom is 0.221 e. The van der Waals surface area contributed by atoms with Crippen molar-refractivity contribution in [1.82, 2.24) is 16.0 Å². The summed E-state index contributed by atoms with van der Waals surface area (Å²) in [4.78, 5) is 16.4. The van der Waals surface area contributed by atoms with Crippen molar-refractivity contribution in [3.8, 4) is 11.5 Å². The first-order valence-corrected chi connectivity index (χ1v) is 10.8. The predicted molar refractivity (Wildman–Crippen MR) is 117 cm³/mol. The molecule has 0 aromatic heterocycles. The maximum atomic E-state index is 11.8. The van der Waals surface area contributed by atoms with Gasteiger partial charge in [0.15, 0.2) is 17.5 Å². The highest BCUT2D eigenvalue weighted by molar-refractivity contribution is 5.81. The van der Waals surface area contributed by atoms with Gasteiger partial charge in [0.25, 0.3) is 0 Å². The molecule has 1 aliphatic carbocycles. The van der Waals surface area contributed by atoms with Crippen molar-refractivity contribution in [3.05, 3.63) is 23.8 Å². The van der Waals surface area contributed by atoms with E-state index >= 15 is 0 Å². The number of nitrogens with one attached hydrogen (secondary N) is 3. The Hall–Kier alpha value is -2.44. The second kappa shape index (κ2) is 12.9. The maximum absolute atomic E-state index is 11.8. The minimum atomic E-state index is 0.0512. The van der Waals surface area contributed by atoms with Gasteiger partial charge in [-0.25, -0.2) is 4.99 Å². The molecule has 0 aliphatic heterocycles. The van der Waals surface area contributed by atoms with E-state index in [-0.39, 0.29) is 12.0 Å².